The topological polar surface area (TPSA) is 12.5 Å². The second kappa shape index (κ2) is 8.59. The molecule has 1 aliphatic rings. The zero-order valence-corrected chi connectivity index (χ0v) is 15.2. The van der Waals surface area contributed by atoms with Gasteiger partial charge in [0.05, 0.1) is 12.7 Å². The van der Waals surface area contributed by atoms with Crippen molar-refractivity contribution in [3.8, 4) is 0 Å². The maximum Gasteiger partial charge on any atom is 0.123 e. The average Bonchev–Trinajstić information content (AvgIpc) is 2.60. The van der Waals surface area contributed by atoms with E-state index in [4.69, 9.17) is 4.74 Å². The van der Waals surface area contributed by atoms with Crippen LogP contribution in [0.4, 0.5) is 4.39 Å². The molecule has 0 spiro atoms. The van der Waals surface area contributed by atoms with Gasteiger partial charge in [0.1, 0.15) is 5.82 Å². The van der Waals surface area contributed by atoms with Crippen molar-refractivity contribution in [2.45, 2.75) is 50.9 Å². The molecule has 1 aliphatic carbocycles. The molecule has 2 unspecified atom stereocenters. The van der Waals surface area contributed by atoms with E-state index >= 15 is 0 Å². The highest BCUT2D eigenvalue weighted by Gasteiger charge is 2.28. The van der Waals surface area contributed by atoms with Crippen LogP contribution < -0.4 is 0 Å². The minimum atomic E-state index is -0.197. The molecule has 0 N–H and O–H groups in total. The predicted octanol–water partition coefficient (Wildman–Crippen LogP) is 5.13. The highest BCUT2D eigenvalue weighted by atomic mass is 19.1. The minimum absolute atomic E-state index is 0.197. The van der Waals surface area contributed by atoms with E-state index in [0.29, 0.717) is 12.5 Å². The van der Waals surface area contributed by atoms with Crippen molar-refractivity contribution in [2.75, 3.05) is 14.1 Å². The van der Waals surface area contributed by atoms with Crippen molar-refractivity contribution in [1.82, 2.24) is 4.90 Å². The molecule has 2 nitrogen and oxygen atoms in total. The summed E-state index contributed by atoms with van der Waals surface area (Å²) in [5, 5.41) is 0. The molecular weight excluding hydrogens is 313 g/mol. The third-order valence-electron chi connectivity index (χ3n) is 5.00. The number of rotatable bonds is 6. The lowest BCUT2D eigenvalue weighted by atomic mass is 9.79. The highest BCUT2D eigenvalue weighted by molar-refractivity contribution is 5.31. The maximum atomic E-state index is 13.4. The van der Waals surface area contributed by atoms with Gasteiger partial charge in [-0.15, -0.1) is 0 Å². The summed E-state index contributed by atoms with van der Waals surface area (Å²) < 4.78 is 19.7. The fourth-order valence-corrected chi connectivity index (χ4v) is 3.86. The van der Waals surface area contributed by atoms with E-state index in [9.17, 15) is 4.39 Å². The Morgan fingerprint density at radius 2 is 1.84 bits per heavy atom. The summed E-state index contributed by atoms with van der Waals surface area (Å²) in [6, 6.07) is 15.5. The molecule has 1 fully saturated rings. The third kappa shape index (κ3) is 4.90. The van der Waals surface area contributed by atoms with E-state index in [0.717, 1.165) is 24.9 Å². The van der Waals surface area contributed by atoms with Gasteiger partial charge in [-0.2, -0.15) is 0 Å². The van der Waals surface area contributed by atoms with Gasteiger partial charge in [0, 0.05) is 12.5 Å². The van der Waals surface area contributed by atoms with E-state index in [-0.39, 0.29) is 11.9 Å². The second-order valence-corrected chi connectivity index (χ2v) is 7.31. The lowest BCUT2D eigenvalue weighted by molar-refractivity contribution is 0.00161. The molecule has 0 bridgehead atoms. The maximum absolute atomic E-state index is 13.4. The molecule has 0 saturated heterocycles. The molecule has 0 aliphatic heterocycles. The average molecular weight is 341 g/mol. The van der Waals surface area contributed by atoms with Crippen molar-refractivity contribution in [1.29, 1.82) is 0 Å². The number of ether oxygens (including phenoxy) is 1. The van der Waals surface area contributed by atoms with Crippen molar-refractivity contribution in [3.05, 3.63) is 71.0 Å². The van der Waals surface area contributed by atoms with Crippen LogP contribution >= 0.6 is 0 Å². The molecule has 2 atom stereocenters. The number of halogens is 1. The Kier molecular flexibility index (Phi) is 6.22. The van der Waals surface area contributed by atoms with Gasteiger partial charge in [0.25, 0.3) is 0 Å². The van der Waals surface area contributed by atoms with Crippen LogP contribution in [0, 0.1) is 5.82 Å². The molecular formula is C22H28FNO. The zero-order chi connectivity index (χ0) is 17.6. The normalized spacial score (nSPS) is 20.8. The predicted molar refractivity (Wildman–Crippen MR) is 100 cm³/mol. The third-order valence-corrected chi connectivity index (χ3v) is 5.00. The number of nitrogens with zero attached hydrogens (tertiary/aromatic N) is 1. The first-order valence-corrected chi connectivity index (χ1v) is 9.22. The fraction of sp³-hybridized carbons (Fsp3) is 0.455. The van der Waals surface area contributed by atoms with Crippen molar-refractivity contribution in [3.63, 3.8) is 0 Å². The summed E-state index contributed by atoms with van der Waals surface area (Å²) in [5.41, 5.74) is 3.71. The molecule has 3 rings (SSSR count). The van der Waals surface area contributed by atoms with Gasteiger partial charge in [-0.3, -0.25) is 0 Å². The van der Waals surface area contributed by atoms with E-state index in [1.807, 2.05) is 6.07 Å². The number of hydrogen-bond donors (Lipinski definition) is 0. The minimum Gasteiger partial charge on any atom is -0.373 e. The molecule has 25 heavy (non-hydrogen) atoms. The monoisotopic (exact) mass is 341 g/mol. The van der Waals surface area contributed by atoms with E-state index in [2.05, 4.69) is 43.3 Å². The van der Waals surface area contributed by atoms with Crippen molar-refractivity contribution >= 4 is 0 Å². The van der Waals surface area contributed by atoms with Crippen LogP contribution in [0.3, 0.4) is 0 Å². The lowest BCUT2D eigenvalue weighted by Crippen LogP contribution is -2.27. The number of hydrogen-bond acceptors (Lipinski definition) is 2. The van der Waals surface area contributed by atoms with Crippen LogP contribution in [0.5, 0.6) is 0 Å². The van der Waals surface area contributed by atoms with E-state index < -0.39 is 0 Å². The van der Waals surface area contributed by atoms with E-state index in [1.54, 1.807) is 12.1 Å². The van der Waals surface area contributed by atoms with Crippen LogP contribution in [0.25, 0.3) is 0 Å². The van der Waals surface area contributed by atoms with Gasteiger partial charge in [-0.25, -0.2) is 4.39 Å². The molecule has 134 valence electrons. The summed E-state index contributed by atoms with van der Waals surface area (Å²) in [6.07, 6.45) is 4.91. The molecule has 3 heteroatoms. The van der Waals surface area contributed by atoms with Gasteiger partial charge in [0.15, 0.2) is 0 Å². The Bertz CT molecular complexity index is 685. The molecule has 2 aromatic carbocycles. The zero-order valence-electron chi connectivity index (χ0n) is 15.2. The summed E-state index contributed by atoms with van der Waals surface area (Å²) in [6.45, 7) is 1.43. The van der Waals surface area contributed by atoms with Crippen molar-refractivity contribution < 1.29 is 9.13 Å². The number of benzene rings is 2. The first kappa shape index (κ1) is 18.1. The Morgan fingerprint density at radius 3 is 2.64 bits per heavy atom. The molecule has 0 heterocycles. The summed E-state index contributed by atoms with van der Waals surface area (Å²) in [5.74, 6) is 0.232. The molecule has 1 saturated carbocycles. The van der Waals surface area contributed by atoms with E-state index in [1.165, 1.54) is 30.0 Å². The SMILES string of the molecule is CN(C)Cc1ccccc1C1CCCCC1OCc1cccc(F)c1. The van der Waals surface area contributed by atoms with Crippen LogP contribution in [-0.2, 0) is 17.9 Å². The summed E-state index contributed by atoms with van der Waals surface area (Å²) >= 11 is 0. The van der Waals surface area contributed by atoms with Gasteiger partial charge in [-0.1, -0.05) is 49.2 Å². The van der Waals surface area contributed by atoms with Crippen LogP contribution in [0.1, 0.15) is 48.3 Å². The highest BCUT2D eigenvalue weighted by Crippen LogP contribution is 2.37. The van der Waals surface area contributed by atoms with Crippen LogP contribution in [-0.4, -0.2) is 25.1 Å². The Hall–Kier alpha value is -1.71. The second-order valence-electron chi connectivity index (χ2n) is 7.31. The summed E-state index contributed by atoms with van der Waals surface area (Å²) in [7, 11) is 4.21. The lowest BCUT2D eigenvalue weighted by Gasteiger charge is -2.33. The van der Waals surface area contributed by atoms with Gasteiger partial charge >= 0.3 is 0 Å². The molecule has 0 radical (unpaired) electrons. The summed E-state index contributed by atoms with van der Waals surface area (Å²) in [4.78, 5) is 2.21. The Morgan fingerprint density at radius 1 is 1.04 bits per heavy atom. The standard InChI is InChI=1S/C22H28FNO/c1-24(2)15-18-9-3-4-11-20(18)21-12-5-6-13-22(21)25-16-17-8-7-10-19(23)14-17/h3-4,7-11,14,21-22H,5-6,12-13,15-16H2,1-2H3. The fourth-order valence-electron chi connectivity index (χ4n) is 3.86. The molecule has 0 aromatic heterocycles. The first-order chi connectivity index (χ1) is 12.1. The van der Waals surface area contributed by atoms with Crippen LogP contribution in [0.2, 0.25) is 0 Å². The van der Waals surface area contributed by atoms with Gasteiger partial charge in [0.2, 0.25) is 0 Å². The van der Waals surface area contributed by atoms with Crippen molar-refractivity contribution in [2.24, 2.45) is 0 Å². The molecule has 0 amide bonds. The quantitative estimate of drug-likeness (QED) is 0.722. The largest absolute Gasteiger partial charge is 0.373 e. The smallest absolute Gasteiger partial charge is 0.123 e. The Balaban J connectivity index is 1.75. The van der Waals surface area contributed by atoms with Gasteiger partial charge in [-0.05, 0) is 55.8 Å². The Labute approximate surface area is 150 Å². The van der Waals surface area contributed by atoms with Gasteiger partial charge < -0.3 is 9.64 Å². The first-order valence-electron chi connectivity index (χ1n) is 9.22. The van der Waals surface area contributed by atoms with Crippen LogP contribution in [0.15, 0.2) is 48.5 Å². The molecule has 2 aromatic rings.